The number of amides is 1. The second-order valence-electron chi connectivity index (χ2n) is 6.13. The highest BCUT2D eigenvalue weighted by Crippen LogP contribution is 2.31. The zero-order chi connectivity index (χ0) is 18.7. The number of aromatic nitrogens is 2. The summed E-state index contributed by atoms with van der Waals surface area (Å²) in [5.41, 5.74) is -0.483. The van der Waals surface area contributed by atoms with Gasteiger partial charge in [-0.05, 0) is 31.3 Å². The molecule has 0 saturated carbocycles. The molecule has 1 amide bonds. The van der Waals surface area contributed by atoms with E-state index in [-0.39, 0.29) is 18.4 Å². The first-order valence-corrected chi connectivity index (χ1v) is 8.14. The van der Waals surface area contributed by atoms with E-state index in [0.717, 1.165) is 25.2 Å². The van der Waals surface area contributed by atoms with Crippen molar-refractivity contribution in [3.8, 4) is 5.75 Å². The molecular formula is C17H19F3N4O2. The molecule has 1 aliphatic rings. The molecule has 1 aromatic heterocycles. The van der Waals surface area contributed by atoms with Crippen LogP contribution in [0.25, 0.3) is 0 Å². The van der Waals surface area contributed by atoms with E-state index in [9.17, 15) is 18.0 Å². The molecular weight excluding hydrogens is 349 g/mol. The van der Waals surface area contributed by atoms with Crippen molar-refractivity contribution in [2.45, 2.75) is 12.9 Å². The van der Waals surface area contributed by atoms with Crippen LogP contribution in [-0.4, -0.2) is 58.7 Å². The molecule has 1 saturated heterocycles. The van der Waals surface area contributed by atoms with Crippen molar-refractivity contribution in [2.24, 2.45) is 0 Å². The van der Waals surface area contributed by atoms with E-state index in [2.05, 4.69) is 10.00 Å². The van der Waals surface area contributed by atoms with Crippen LogP contribution in [0.4, 0.5) is 13.2 Å². The maximum atomic E-state index is 12.7. The molecule has 3 rings (SSSR count). The number of hydrogen-bond donors (Lipinski definition) is 0. The molecule has 1 aromatic carbocycles. The molecule has 0 aliphatic carbocycles. The minimum atomic E-state index is -4.42. The summed E-state index contributed by atoms with van der Waals surface area (Å²) in [5, 5.41) is 4.16. The van der Waals surface area contributed by atoms with Crippen LogP contribution in [0.1, 0.15) is 16.1 Å². The third kappa shape index (κ3) is 4.34. The van der Waals surface area contributed by atoms with Gasteiger partial charge in [0.25, 0.3) is 5.91 Å². The molecule has 26 heavy (non-hydrogen) atoms. The second-order valence-corrected chi connectivity index (χ2v) is 6.13. The standard InChI is InChI=1S/C17H19F3N4O2/c1-22-7-9-23(10-8-22)16(25)15-5-6-24(21-15)12-26-14-4-2-3-13(11-14)17(18,19)20/h2-6,11H,7-10,12H2,1H3. The molecule has 1 fully saturated rings. The number of rotatable bonds is 4. The van der Waals surface area contributed by atoms with Crippen molar-refractivity contribution in [1.82, 2.24) is 19.6 Å². The largest absolute Gasteiger partial charge is 0.471 e. The van der Waals surface area contributed by atoms with Crippen LogP contribution in [0.5, 0.6) is 5.75 Å². The summed E-state index contributed by atoms with van der Waals surface area (Å²) >= 11 is 0. The molecule has 0 bridgehead atoms. The average Bonchev–Trinajstić information content (AvgIpc) is 3.08. The van der Waals surface area contributed by atoms with E-state index in [1.165, 1.54) is 16.8 Å². The first-order chi connectivity index (χ1) is 12.3. The van der Waals surface area contributed by atoms with E-state index in [0.29, 0.717) is 18.8 Å². The number of hydrogen-bond acceptors (Lipinski definition) is 4. The molecule has 0 N–H and O–H groups in total. The Hall–Kier alpha value is -2.55. The number of alkyl halides is 3. The second kappa shape index (κ2) is 7.36. The average molecular weight is 368 g/mol. The van der Waals surface area contributed by atoms with Gasteiger partial charge in [-0.2, -0.15) is 18.3 Å². The lowest BCUT2D eigenvalue weighted by molar-refractivity contribution is -0.137. The van der Waals surface area contributed by atoms with E-state index in [1.54, 1.807) is 17.2 Å². The lowest BCUT2D eigenvalue weighted by Crippen LogP contribution is -2.47. The smallest absolute Gasteiger partial charge is 0.416 e. The third-order valence-corrected chi connectivity index (χ3v) is 4.18. The summed E-state index contributed by atoms with van der Waals surface area (Å²) in [7, 11) is 2.00. The van der Waals surface area contributed by atoms with Gasteiger partial charge in [0.05, 0.1) is 5.56 Å². The maximum Gasteiger partial charge on any atom is 0.416 e. The van der Waals surface area contributed by atoms with Gasteiger partial charge in [0.15, 0.2) is 12.4 Å². The molecule has 1 aliphatic heterocycles. The van der Waals surface area contributed by atoms with Gasteiger partial charge < -0.3 is 14.5 Å². The van der Waals surface area contributed by atoms with Crippen LogP contribution in [0, 0.1) is 0 Å². The molecule has 9 heteroatoms. The summed E-state index contributed by atoms with van der Waals surface area (Å²) in [5.74, 6) is -0.0711. The summed E-state index contributed by atoms with van der Waals surface area (Å²) in [6.45, 7) is 2.82. The van der Waals surface area contributed by atoms with Crippen molar-refractivity contribution in [3.63, 3.8) is 0 Å². The van der Waals surface area contributed by atoms with Gasteiger partial charge in [0, 0.05) is 32.4 Å². The highest BCUT2D eigenvalue weighted by molar-refractivity contribution is 5.92. The highest BCUT2D eigenvalue weighted by atomic mass is 19.4. The Morgan fingerprint density at radius 1 is 1.19 bits per heavy atom. The van der Waals surface area contributed by atoms with Gasteiger partial charge in [-0.25, -0.2) is 4.68 Å². The lowest BCUT2D eigenvalue weighted by Gasteiger charge is -2.31. The fraction of sp³-hybridized carbons (Fsp3) is 0.412. The monoisotopic (exact) mass is 368 g/mol. The summed E-state index contributed by atoms with van der Waals surface area (Å²) < 4.78 is 44.8. The first kappa shape index (κ1) is 18.2. The molecule has 0 spiro atoms. The van der Waals surface area contributed by atoms with Crippen molar-refractivity contribution < 1.29 is 22.7 Å². The van der Waals surface area contributed by atoms with Gasteiger partial charge >= 0.3 is 6.18 Å². The van der Waals surface area contributed by atoms with Crippen LogP contribution in [0.3, 0.4) is 0 Å². The van der Waals surface area contributed by atoms with Crippen LogP contribution < -0.4 is 4.74 Å². The van der Waals surface area contributed by atoms with Crippen LogP contribution in [0.2, 0.25) is 0 Å². The normalized spacial score (nSPS) is 15.9. The topological polar surface area (TPSA) is 50.6 Å². The fourth-order valence-corrected chi connectivity index (χ4v) is 2.62. The van der Waals surface area contributed by atoms with E-state index in [4.69, 9.17) is 4.74 Å². The Labute approximate surface area is 148 Å². The minimum absolute atomic E-state index is 0.0854. The van der Waals surface area contributed by atoms with Crippen molar-refractivity contribution in [3.05, 3.63) is 47.8 Å². The predicted octanol–water partition coefficient (Wildman–Crippen LogP) is 2.33. The van der Waals surface area contributed by atoms with Crippen molar-refractivity contribution in [2.75, 3.05) is 33.2 Å². The summed E-state index contributed by atoms with van der Waals surface area (Å²) in [6, 6.07) is 6.21. The number of ether oxygens (including phenoxy) is 1. The van der Waals surface area contributed by atoms with Crippen molar-refractivity contribution in [1.29, 1.82) is 0 Å². The third-order valence-electron chi connectivity index (χ3n) is 4.18. The van der Waals surface area contributed by atoms with E-state index >= 15 is 0 Å². The predicted molar refractivity (Wildman–Crippen MR) is 87.7 cm³/mol. The quantitative estimate of drug-likeness (QED) is 0.831. The van der Waals surface area contributed by atoms with Gasteiger partial charge in [-0.3, -0.25) is 4.79 Å². The molecule has 6 nitrogen and oxygen atoms in total. The minimum Gasteiger partial charge on any atom is -0.471 e. The van der Waals surface area contributed by atoms with Crippen molar-refractivity contribution >= 4 is 5.91 Å². The SMILES string of the molecule is CN1CCN(C(=O)c2ccn(COc3cccc(C(F)(F)F)c3)n2)CC1. The fourth-order valence-electron chi connectivity index (χ4n) is 2.62. The molecule has 140 valence electrons. The maximum absolute atomic E-state index is 12.7. The van der Waals surface area contributed by atoms with E-state index < -0.39 is 11.7 Å². The lowest BCUT2D eigenvalue weighted by atomic mass is 10.2. The number of likely N-dealkylation sites (N-methyl/N-ethyl adjacent to an activating group) is 1. The van der Waals surface area contributed by atoms with Gasteiger partial charge in [-0.15, -0.1) is 0 Å². The Kier molecular flexibility index (Phi) is 5.17. The van der Waals surface area contributed by atoms with Crippen LogP contribution >= 0.6 is 0 Å². The number of nitrogens with zero attached hydrogens (tertiary/aromatic N) is 4. The van der Waals surface area contributed by atoms with Crippen LogP contribution in [0.15, 0.2) is 36.5 Å². The Bertz CT molecular complexity index is 767. The van der Waals surface area contributed by atoms with Crippen LogP contribution in [-0.2, 0) is 12.9 Å². The molecule has 2 aromatic rings. The highest BCUT2D eigenvalue weighted by Gasteiger charge is 2.30. The van der Waals surface area contributed by atoms with E-state index in [1.807, 2.05) is 7.05 Å². The van der Waals surface area contributed by atoms with Gasteiger partial charge in [-0.1, -0.05) is 6.07 Å². The van der Waals surface area contributed by atoms with Gasteiger partial charge in [0.2, 0.25) is 0 Å². The Morgan fingerprint density at radius 3 is 2.62 bits per heavy atom. The Balaban J connectivity index is 1.60. The number of halogens is 3. The molecule has 0 atom stereocenters. The zero-order valence-electron chi connectivity index (χ0n) is 14.2. The number of carbonyl (C=O) groups excluding carboxylic acids is 1. The first-order valence-electron chi connectivity index (χ1n) is 8.14. The molecule has 0 unspecified atom stereocenters. The summed E-state index contributed by atoms with van der Waals surface area (Å²) in [4.78, 5) is 16.3. The number of benzene rings is 1. The molecule has 0 radical (unpaired) electrons. The molecule has 2 heterocycles. The number of piperazine rings is 1. The van der Waals surface area contributed by atoms with Gasteiger partial charge in [0.1, 0.15) is 5.75 Å². The number of carbonyl (C=O) groups is 1. The Morgan fingerprint density at radius 2 is 1.92 bits per heavy atom. The zero-order valence-corrected chi connectivity index (χ0v) is 14.2. The summed E-state index contributed by atoms with van der Waals surface area (Å²) in [6.07, 6.45) is -2.86.